The smallest absolute Gasteiger partial charge is 0.410 e. The number of sulfonamides is 2. The lowest BCUT2D eigenvalue weighted by atomic mass is 10.2. The fourth-order valence-corrected chi connectivity index (χ4v) is 10.3. The highest BCUT2D eigenvalue weighted by Crippen LogP contribution is 2.28. The summed E-state index contributed by atoms with van der Waals surface area (Å²) in [5, 5.41) is 0.784. The maximum atomic E-state index is 12.7. The van der Waals surface area contributed by atoms with Crippen LogP contribution in [0.2, 0.25) is 15.1 Å². The van der Waals surface area contributed by atoms with Crippen LogP contribution in [-0.2, 0) is 52.0 Å². The molecule has 0 unspecified atom stereocenters. The van der Waals surface area contributed by atoms with E-state index in [2.05, 4.69) is 28.2 Å². The van der Waals surface area contributed by atoms with Gasteiger partial charge in [0, 0.05) is 72.4 Å². The van der Waals surface area contributed by atoms with Gasteiger partial charge < -0.3 is 24.2 Å². The van der Waals surface area contributed by atoms with E-state index in [1.165, 1.54) is 24.3 Å². The quantitative estimate of drug-likeness (QED) is 0.215. The first-order chi connectivity index (χ1) is 27.7. The van der Waals surface area contributed by atoms with Gasteiger partial charge >= 0.3 is 6.09 Å². The van der Waals surface area contributed by atoms with Gasteiger partial charge in [-0.2, -0.15) is 8.75 Å². The largest absolute Gasteiger partial charge is 0.444 e. The first kappa shape index (κ1) is 46.2. The Morgan fingerprint density at radius 1 is 0.746 bits per heavy atom. The highest BCUT2D eigenvalue weighted by atomic mass is 35.5. The number of carbonyl (C=O) groups is 3. The van der Waals surface area contributed by atoms with Gasteiger partial charge in [0.15, 0.2) is 11.6 Å². The van der Waals surface area contributed by atoms with Crippen LogP contribution in [0.15, 0.2) is 46.2 Å². The molecule has 59 heavy (non-hydrogen) atoms. The topological polar surface area (TPSA) is 223 Å². The van der Waals surface area contributed by atoms with Gasteiger partial charge in [-0.25, -0.2) is 31.6 Å². The van der Waals surface area contributed by atoms with Crippen LogP contribution in [0.1, 0.15) is 38.0 Å². The lowest BCUT2D eigenvalue weighted by Gasteiger charge is -2.35. The van der Waals surface area contributed by atoms with Crippen LogP contribution in [-0.4, -0.2) is 126 Å². The maximum Gasteiger partial charge on any atom is 0.410 e. The number of piperazine rings is 1. The highest BCUT2D eigenvalue weighted by molar-refractivity contribution is 7.93. The molecule has 0 bridgehead atoms. The third-order valence-corrected chi connectivity index (χ3v) is 13.9. The lowest BCUT2D eigenvalue weighted by molar-refractivity contribution is -0.134. The number of aromatic nitrogens is 4. The number of rotatable bonds is 10. The van der Waals surface area contributed by atoms with Crippen LogP contribution < -0.4 is 9.44 Å². The number of ether oxygens (including phenoxy) is 2. The minimum atomic E-state index is -3.94. The van der Waals surface area contributed by atoms with Crippen LogP contribution in [0, 0.1) is 6.92 Å². The van der Waals surface area contributed by atoms with Crippen molar-refractivity contribution in [3.05, 3.63) is 68.7 Å². The zero-order valence-electron chi connectivity index (χ0n) is 32.1. The summed E-state index contributed by atoms with van der Waals surface area (Å²) in [6.45, 7) is 10.6. The Bertz CT molecular complexity index is 2380. The first-order valence-corrected chi connectivity index (χ1v) is 23.4. The average molecular weight is 953 g/mol. The van der Waals surface area contributed by atoms with Crippen LogP contribution in [0.5, 0.6) is 0 Å². The second-order valence-corrected chi connectivity index (χ2v) is 19.9. The third-order valence-electron chi connectivity index (χ3n) is 8.34. The van der Waals surface area contributed by atoms with Crippen LogP contribution in [0.25, 0.3) is 0 Å². The molecule has 2 aliphatic heterocycles. The van der Waals surface area contributed by atoms with Crippen molar-refractivity contribution < 1.29 is 40.7 Å². The maximum absolute atomic E-state index is 12.7. The second-order valence-electron chi connectivity index (χ2n) is 13.9. The van der Waals surface area contributed by atoms with Crippen molar-refractivity contribution in [3.63, 3.8) is 0 Å². The van der Waals surface area contributed by atoms with E-state index in [9.17, 15) is 31.2 Å². The van der Waals surface area contributed by atoms with Crippen molar-refractivity contribution >= 4 is 106 Å². The van der Waals surface area contributed by atoms with E-state index in [4.69, 9.17) is 44.3 Å². The molecule has 0 radical (unpaired) electrons. The van der Waals surface area contributed by atoms with Gasteiger partial charge in [0.2, 0.25) is 22.1 Å². The van der Waals surface area contributed by atoms with Crippen LogP contribution >= 0.6 is 57.9 Å². The second kappa shape index (κ2) is 19.7. The number of nitrogens with zero attached hydrogens (tertiary/aromatic N) is 7. The zero-order valence-corrected chi connectivity index (χ0v) is 37.6. The molecule has 25 heteroatoms. The summed E-state index contributed by atoms with van der Waals surface area (Å²) in [7, 11) is -7.84. The van der Waals surface area contributed by atoms with Gasteiger partial charge in [-0.1, -0.05) is 40.9 Å². The normalized spacial score (nSPS) is 14.9. The van der Waals surface area contributed by atoms with Gasteiger partial charge in [-0.3, -0.25) is 19.0 Å². The molecular formula is C34H40Cl3N9O9S4. The number of hydrogen-bond acceptors (Lipinski definition) is 15. The van der Waals surface area contributed by atoms with E-state index in [1.807, 2.05) is 0 Å². The number of amides is 3. The molecule has 320 valence electrons. The summed E-state index contributed by atoms with van der Waals surface area (Å²) in [6, 6.07) is 8.68. The Balaban J connectivity index is 0.000000230. The molecule has 18 nitrogen and oxygen atoms in total. The standard InChI is InChI=1S/C20H26ClN5O5S2.C14H14Cl2N4O4S2/c1-13-14(21)6-5-7-15(13)33(29,30)24-18-22-16(23-32-18)12-17(27)25-8-10-26(11-9-25)19(28)31-20(2,3)4;15-9-1-2-11(10(16)7-9)26(22,23)19-14-17-12(18-25-14)8-13(21)20-3-5-24-6-4-20/h5-7H,8-12H2,1-4H3,(H,22,23,24);1-2,7H,3-6,8H2,(H,17,18,19). The number of carbonyl (C=O) groups excluding carboxylic acids is 3. The van der Waals surface area contributed by atoms with Crippen molar-refractivity contribution in [1.29, 1.82) is 0 Å². The minimum absolute atomic E-state index is 0.0000707. The number of hydrogen-bond donors (Lipinski definition) is 2. The van der Waals surface area contributed by atoms with E-state index in [0.717, 1.165) is 23.1 Å². The van der Waals surface area contributed by atoms with Gasteiger partial charge in [-0.05, 0) is 63.6 Å². The van der Waals surface area contributed by atoms with Gasteiger partial charge in [0.05, 0.1) is 36.0 Å². The number of halogens is 3. The molecule has 0 atom stereocenters. The Morgan fingerprint density at radius 3 is 1.78 bits per heavy atom. The van der Waals surface area contributed by atoms with Gasteiger partial charge in [0.1, 0.15) is 10.5 Å². The molecular weight excluding hydrogens is 913 g/mol. The summed E-state index contributed by atoms with van der Waals surface area (Å²) >= 11 is 19.5. The predicted molar refractivity (Wildman–Crippen MR) is 223 cm³/mol. The monoisotopic (exact) mass is 951 g/mol. The summed E-state index contributed by atoms with van der Waals surface area (Å²) in [5.74, 6) is 0.157. The lowest BCUT2D eigenvalue weighted by Crippen LogP contribution is -2.52. The van der Waals surface area contributed by atoms with Crippen molar-refractivity contribution in [1.82, 2.24) is 33.4 Å². The van der Waals surface area contributed by atoms with Crippen molar-refractivity contribution in [2.24, 2.45) is 0 Å². The van der Waals surface area contributed by atoms with E-state index in [-0.39, 0.29) is 61.4 Å². The molecule has 2 fully saturated rings. The van der Waals surface area contributed by atoms with E-state index >= 15 is 0 Å². The first-order valence-electron chi connectivity index (χ1n) is 17.7. The predicted octanol–water partition coefficient (Wildman–Crippen LogP) is 4.97. The van der Waals surface area contributed by atoms with Gasteiger partial charge in [0.25, 0.3) is 20.0 Å². The SMILES string of the molecule is Cc1c(Cl)cccc1S(=O)(=O)Nc1nc(CC(=O)N2CCN(C(=O)OC(C)(C)C)CC2)ns1.O=C(Cc1nsc(NS(=O)(=O)c2ccc(Cl)cc2Cl)n1)N1CCOCC1. The molecule has 0 saturated carbocycles. The molecule has 2 aliphatic rings. The molecule has 4 aromatic rings. The molecule has 2 aromatic heterocycles. The van der Waals surface area contributed by atoms with Crippen LogP contribution in [0.4, 0.5) is 15.1 Å². The Labute approximate surface area is 364 Å². The van der Waals surface area contributed by atoms with Crippen LogP contribution in [0.3, 0.4) is 0 Å². The molecule has 2 saturated heterocycles. The third kappa shape index (κ3) is 13.0. The Kier molecular flexibility index (Phi) is 15.4. The summed E-state index contributed by atoms with van der Waals surface area (Å²) in [6.07, 6.45) is -0.469. The fourth-order valence-electron chi connectivity index (χ4n) is 5.42. The van der Waals surface area contributed by atoms with Gasteiger partial charge in [-0.15, -0.1) is 0 Å². The number of nitrogens with one attached hydrogen (secondary N) is 2. The number of morpholine rings is 1. The average Bonchev–Trinajstić information content (AvgIpc) is 3.80. The fraction of sp³-hybridized carbons (Fsp3) is 0.441. The summed E-state index contributed by atoms with van der Waals surface area (Å²) in [4.78, 5) is 50.0. The number of anilines is 2. The Morgan fingerprint density at radius 2 is 1.25 bits per heavy atom. The number of benzene rings is 2. The van der Waals surface area contributed by atoms with Crippen molar-refractivity contribution in [3.8, 4) is 0 Å². The molecule has 0 aliphatic carbocycles. The van der Waals surface area contributed by atoms with Crippen molar-refractivity contribution in [2.45, 2.75) is 55.9 Å². The Hall–Kier alpha value is -3.90. The van der Waals surface area contributed by atoms with E-state index in [0.29, 0.717) is 68.1 Å². The molecule has 0 spiro atoms. The molecule has 2 N–H and O–H groups in total. The summed E-state index contributed by atoms with van der Waals surface area (Å²) in [5.41, 5.74) is -0.150. The van der Waals surface area contributed by atoms with E-state index < -0.39 is 31.7 Å². The van der Waals surface area contributed by atoms with Crippen molar-refractivity contribution in [2.75, 3.05) is 61.9 Å². The van der Waals surface area contributed by atoms with E-state index in [1.54, 1.807) is 54.5 Å². The summed E-state index contributed by atoms with van der Waals surface area (Å²) < 4.78 is 73.6. The minimum Gasteiger partial charge on any atom is -0.444 e. The zero-order chi connectivity index (χ0) is 43.1. The molecule has 4 heterocycles. The highest BCUT2D eigenvalue weighted by Gasteiger charge is 2.29. The molecule has 3 amide bonds. The molecule has 6 rings (SSSR count). The molecule has 2 aromatic carbocycles.